The second kappa shape index (κ2) is 5.79. The van der Waals surface area contributed by atoms with Crippen LogP contribution in [0, 0.1) is 23.3 Å². The summed E-state index contributed by atoms with van der Waals surface area (Å²) in [5.74, 6) is -8.49. The van der Waals surface area contributed by atoms with Crippen LogP contribution in [0.5, 0.6) is 11.5 Å². The predicted molar refractivity (Wildman–Crippen MR) is 65.5 cm³/mol. The first-order valence-electron chi connectivity index (χ1n) is 5.49. The molecular formula is C13H4BrF7O. The molecule has 0 spiro atoms. The molecule has 0 amide bonds. The zero-order valence-corrected chi connectivity index (χ0v) is 11.8. The Labute approximate surface area is 127 Å². The number of hydrogen-bond acceptors (Lipinski definition) is 1. The number of hydrogen-bond donors (Lipinski definition) is 0. The van der Waals surface area contributed by atoms with Crippen molar-refractivity contribution in [2.75, 3.05) is 0 Å². The lowest BCUT2D eigenvalue weighted by Gasteiger charge is -2.13. The minimum atomic E-state index is -4.97. The third kappa shape index (κ3) is 3.18. The van der Waals surface area contributed by atoms with Crippen LogP contribution in [-0.2, 0) is 6.18 Å². The maximum Gasteiger partial charge on any atom is 0.416 e. The largest absolute Gasteiger partial charge is 0.447 e. The predicted octanol–water partition coefficient (Wildman–Crippen LogP) is 5.82. The molecular weight excluding hydrogens is 385 g/mol. The SMILES string of the molecule is Fc1ccc(Br)c(Oc2c(F)cc(C(F)(F)F)cc2F)c1F. The molecule has 0 saturated carbocycles. The van der Waals surface area contributed by atoms with Crippen molar-refractivity contribution in [1.29, 1.82) is 0 Å². The summed E-state index contributed by atoms with van der Waals surface area (Å²) >= 11 is 2.78. The molecule has 0 aromatic heterocycles. The van der Waals surface area contributed by atoms with E-state index >= 15 is 0 Å². The minimum absolute atomic E-state index is 0.0104. The fourth-order valence-electron chi connectivity index (χ4n) is 1.53. The van der Waals surface area contributed by atoms with Crippen molar-refractivity contribution in [1.82, 2.24) is 0 Å². The van der Waals surface area contributed by atoms with Crippen molar-refractivity contribution in [3.63, 3.8) is 0 Å². The first kappa shape index (κ1) is 16.6. The average Bonchev–Trinajstić information content (AvgIpc) is 2.40. The van der Waals surface area contributed by atoms with E-state index in [1.54, 1.807) is 0 Å². The summed E-state index contributed by atoms with van der Waals surface area (Å²) in [5, 5.41) is 0. The van der Waals surface area contributed by atoms with Crippen molar-refractivity contribution in [2.24, 2.45) is 0 Å². The van der Waals surface area contributed by atoms with Crippen LogP contribution in [0.2, 0.25) is 0 Å². The Morgan fingerprint density at radius 3 is 1.86 bits per heavy atom. The van der Waals surface area contributed by atoms with E-state index in [4.69, 9.17) is 0 Å². The normalized spacial score (nSPS) is 11.6. The zero-order chi connectivity index (χ0) is 16.7. The molecule has 118 valence electrons. The van der Waals surface area contributed by atoms with E-state index in [-0.39, 0.29) is 16.6 Å². The Hall–Kier alpha value is -1.77. The Kier molecular flexibility index (Phi) is 4.37. The summed E-state index contributed by atoms with van der Waals surface area (Å²) in [6.07, 6.45) is -4.97. The van der Waals surface area contributed by atoms with Crippen molar-refractivity contribution in [3.8, 4) is 11.5 Å². The number of benzene rings is 2. The molecule has 0 aliphatic heterocycles. The van der Waals surface area contributed by atoms with Gasteiger partial charge in [-0.3, -0.25) is 0 Å². The molecule has 1 nitrogen and oxygen atoms in total. The molecule has 0 aliphatic rings. The quantitative estimate of drug-likeness (QED) is 0.465. The highest BCUT2D eigenvalue weighted by molar-refractivity contribution is 9.10. The van der Waals surface area contributed by atoms with Gasteiger partial charge in [-0.2, -0.15) is 17.6 Å². The van der Waals surface area contributed by atoms with Gasteiger partial charge in [0.25, 0.3) is 0 Å². The molecule has 0 radical (unpaired) electrons. The monoisotopic (exact) mass is 388 g/mol. The first-order chi connectivity index (χ1) is 10.1. The standard InChI is InChI=1S/C13H4BrF7O/c14-6-1-2-7(15)10(18)11(6)22-12-8(16)3-5(4-9(12)17)13(19,20)21/h1-4H. The summed E-state index contributed by atoms with van der Waals surface area (Å²) in [6, 6.07) is 1.71. The van der Waals surface area contributed by atoms with Gasteiger partial charge in [-0.05, 0) is 40.2 Å². The molecule has 0 aliphatic carbocycles. The zero-order valence-electron chi connectivity index (χ0n) is 10.2. The first-order valence-corrected chi connectivity index (χ1v) is 6.28. The lowest BCUT2D eigenvalue weighted by atomic mass is 10.2. The van der Waals surface area contributed by atoms with Crippen molar-refractivity contribution < 1.29 is 35.5 Å². The number of halogens is 8. The Morgan fingerprint density at radius 1 is 0.818 bits per heavy atom. The maximum absolute atomic E-state index is 13.6. The van der Waals surface area contributed by atoms with Crippen LogP contribution in [-0.4, -0.2) is 0 Å². The summed E-state index contributed by atoms with van der Waals surface area (Å²) in [5.41, 5.74) is -1.58. The van der Waals surface area contributed by atoms with E-state index in [1.807, 2.05) is 0 Å². The van der Waals surface area contributed by atoms with Crippen LogP contribution >= 0.6 is 15.9 Å². The van der Waals surface area contributed by atoms with Gasteiger partial charge in [0.1, 0.15) is 0 Å². The summed E-state index contributed by atoms with van der Waals surface area (Å²) in [6.45, 7) is 0. The average molecular weight is 389 g/mol. The van der Waals surface area contributed by atoms with Crippen molar-refractivity contribution in [2.45, 2.75) is 6.18 Å². The molecule has 0 N–H and O–H groups in total. The lowest BCUT2D eigenvalue weighted by Crippen LogP contribution is -2.07. The van der Waals surface area contributed by atoms with E-state index in [1.165, 1.54) is 0 Å². The van der Waals surface area contributed by atoms with Gasteiger partial charge in [0.05, 0.1) is 10.0 Å². The third-order valence-electron chi connectivity index (χ3n) is 2.53. The van der Waals surface area contributed by atoms with Gasteiger partial charge in [-0.1, -0.05) is 0 Å². The number of ether oxygens (including phenoxy) is 1. The Bertz CT molecular complexity index is 704. The molecule has 0 saturated heterocycles. The maximum atomic E-state index is 13.6. The smallest absolute Gasteiger partial charge is 0.416 e. The van der Waals surface area contributed by atoms with Crippen LogP contribution in [0.1, 0.15) is 5.56 Å². The van der Waals surface area contributed by atoms with Crippen molar-refractivity contribution in [3.05, 3.63) is 57.6 Å². The lowest BCUT2D eigenvalue weighted by molar-refractivity contribution is -0.138. The minimum Gasteiger partial charge on any atom is -0.447 e. The van der Waals surface area contributed by atoms with Gasteiger partial charge in [-0.25, -0.2) is 13.2 Å². The van der Waals surface area contributed by atoms with Crippen LogP contribution < -0.4 is 4.74 Å². The fourth-order valence-corrected chi connectivity index (χ4v) is 1.91. The molecule has 0 fully saturated rings. The van der Waals surface area contributed by atoms with Crippen LogP contribution in [0.25, 0.3) is 0 Å². The van der Waals surface area contributed by atoms with Crippen LogP contribution in [0.4, 0.5) is 30.7 Å². The van der Waals surface area contributed by atoms with Crippen LogP contribution in [0.15, 0.2) is 28.7 Å². The molecule has 2 aromatic carbocycles. The van der Waals surface area contributed by atoms with Crippen LogP contribution in [0.3, 0.4) is 0 Å². The highest BCUT2D eigenvalue weighted by atomic mass is 79.9. The van der Waals surface area contributed by atoms with Gasteiger partial charge in [-0.15, -0.1) is 0 Å². The van der Waals surface area contributed by atoms with Gasteiger partial charge in [0.15, 0.2) is 29.0 Å². The second-order valence-corrected chi connectivity index (χ2v) is 4.90. The van der Waals surface area contributed by atoms with Gasteiger partial charge >= 0.3 is 6.18 Å². The van der Waals surface area contributed by atoms with Gasteiger partial charge < -0.3 is 4.74 Å². The molecule has 0 heterocycles. The second-order valence-electron chi connectivity index (χ2n) is 4.04. The number of rotatable bonds is 2. The molecule has 22 heavy (non-hydrogen) atoms. The van der Waals surface area contributed by atoms with E-state index in [2.05, 4.69) is 20.7 Å². The van der Waals surface area contributed by atoms with Crippen molar-refractivity contribution >= 4 is 15.9 Å². The number of alkyl halides is 3. The topological polar surface area (TPSA) is 9.23 Å². The molecule has 0 atom stereocenters. The van der Waals surface area contributed by atoms with E-state index in [0.717, 1.165) is 12.1 Å². The molecule has 0 bridgehead atoms. The molecule has 2 rings (SSSR count). The molecule has 0 unspecified atom stereocenters. The summed E-state index contributed by atoms with van der Waals surface area (Å²) in [4.78, 5) is 0. The molecule has 9 heteroatoms. The fraction of sp³-hybridized carbons (Fsp3) is 0.0769. The van der Waals surface area contributed by atoms with Gasteiger partial charge in [0.2, 0.25) is 5.82 Å². The Morgan fingerprint density at radius 2 is 1.36 bits per heavy atom. The van der Waals surface area contributed by atoms with E-state index < -0.39 is 46.5 Å². The van der Waals surface area contributed by atoms with E-state index in [9.17, 15) is 30.7 Å². The highest BCUT2D eigenvalue weighted by Crippen LogP contribution is 2.38. The highest BCUT2D eigenvalue weighted by Gasteiger charge is 2.33. The summed E-state index contributed by atoms with van der Waals surface area (Å²) < 4.78 is 95.4. The van der Waals surface area contributed by atoms with Gasteiger partial charge in [0, 0.05) is 0 Å². The third-order valence-corrected chi connectivity index (χ3v) is 3.16. The molecule has 2 aromatic rings. The Balaban J connectivity index is 2.50. The summed E-state index contributed by atoms with van der Waals surface area (Å²) in [7, 11) is 0. The van der Waals surface area contributed by atoms with E-state index in [0.29, 0.717) is 0 Å².